The third kappa shape index (κ3) is 3.93. The second-order valence-electron chi connectivity index (χ2n) is 5.88. The van der Waals surface area contributed by atoms with E-state index in [0.717, 1.165) is 4.57 Å². The number of aliphatic carboxylic acids is 1. The number of halogens is 3. The molecule has 1 aliphatic heterocycles. The zero-order chi connectivity index (χ0) is 17.4. The van der Waals surface area contributed by atoms with Gasteiger partial charge in [0.1, 0.15) is 12.6 Å². The Balaban J connectivity index is 2.17. The van der Waals surface area contributed by atoms with Crippen LogP contribution in [0, 0.1) is 13.8 Å². The molecular formula is C15H19F3N2O3. The number of Topliss-reactive ketones (excluding diaryl/α,β-unsaturated/α-hetero) is 1. The van der Waals surface area contributed by atoms with Gasteiger partial charge >= 0.3 is 12.1 Å². The largest absolute Gasteiger partial charge is 0.480 e. The van der Waals surface area contributed by atoms with Crippen LogP contribution < -0.4 is 0 Å². The maximum absolute atomic E-state index is 12.6. The summed E-state index contributed by atoms with van der Waals surface area (Å²) in [5, 5.41) is 9.12. The maximum atomic E-state index is 12.6. The van der Waals surface area contributed by atoms with E-state index in [2.05, 4.69) is 0 Å². The van der Waals surface area contributed by atoms with Crippen molar-refractivity contribution in [3.05, 3.63) is 23.0 Å². The molecule has 0 saturated carbocycles. The quantitative estimate of drug-likeness (QED) is 0.841. The minimum Gasteiger partial charge on any atom is -0.480 e. The summed E-state index contributed by atoms with van der Waals surface area (Å²) in [4.78, 5) is 25.1. The molecule has 23 heavy (non-hydrogen) atoms. The van der Waals surface area contributed by atoms with Gasteiger partial charge in [-0.15, -0.1) is 0 Å². The number of likely N-dealkylation sites (tertiary alicyclic amines) is 1. The van der Waals surface area contributed by atoms with Crippen LogP contribution in [0.5, 0.6) is 0 Å². The average Bonchev–Trinajstić information content (AvgIpc) is 2.97. The topological polar surface area (TPSA) is 62.5 Å². The Morgan fingerprint density at radius 2 is 2.00 bits per heavy atom. The Hall–Kier alpha value is -1.83. The van der Waals surface area contributed by atoms with Crippen molar-refractivity contribution in [3.8, 4) is 0 Å². The minimum absolute atomic E-state index is 0.0900. The van der Waals surface area contributed by atoms with Crippen molar-refractivity contribution in [3.63, 3.8) is 0 Å². The van der Waals surface area contributed by atoms with Crippen molar-refractivity contribution in [2.45, 2.75) is 45.5 Å². The van der Waals surface area contributed by atoms with Gasteiger partial charge in [0, 0.05) is 17.0 Å². The van der Waals surface area contributed by atoms with Gasteiger partial charge < -0.3 is 9.67 Å². The first kappa shape index (κ1) is 17.5. The van der Waals surface area contributed by atoms with E-state index in [4.69, 9.17) is 5.11 Å². The predicted molar refractivity (Wildman–Crippen MR) is 76.5 cm³/mol. The highest BCUT2D eigenvalue weighted by Gasteiger charge is 2.33. The van der Waals surface area contributed by atoms with Crippen LogP contribution >= 0.6 is 0 Å². The Morgan fingerprint density at radius 1 is 1.35 bits per heavy atom. The summed E-state index contributed by atoms with van der Waals surface area (Å²) in [6.07, 6.45) is -3.19. The summed E-state index contributed by atoms with van der Waals surface area (Å²) in [5.74, 6) is -1.32. The molecule has 2 rings (SSSR count). The molecule has 0 radical (unpaired) electrons. The number of carboxylic acid groups (broad SMARTS) is 1. The summed E-state index contributed by atoms with van der Waals surface area (Å²) in [5.41, 5.74) is 0.845. The van der Waals surface area contributed by atoms with Crippen LogP contribution in [0.25, 0.3) is 0 Å². The van der Waals surface area contributed by atoms with Crippen LogP contribution in [0.1, 0.15) is 34.6 Å². The fourth-order valence-electron chi connectivity index (χ4n) is 3.07. The summed E-state index contributed by atoms with van der Waals surface area (Å²) < 4.78 is 38.9. The summed E-state index contributed by atoms with van der Waals surface area (Å²) >= 11 is 0. The lowest BCUT2D eigenvalue weighted by molar-refractivity contribution is -0.142. The van der Waals surface area contributed by atoms with Crippen molar-refractivity contribution in [1.29, 1.82) is 0 Å². The van der Waals surface area contributed by atoms with Crippen LogP contribution in [-0.2, 0) is 11.3 Å². The number of alkyl halides is 3. The van der Waals surface area contributed by atoms with Crippen molar-refractivity contribution >= 4 is 11.8 Å². The summed E-state index contributed by atoms with van der Waals surface area (Å²) in [6, 6.07) is 0.743. The van der Waals surface area contributed by atoms with Gasteiger partial charge in [0.05, 0.1) is 6.54 Å². The van der Waals surface area contributed by atoms with Gasteiger partial charge in [-0.05, 0) is 39.3 Å². The molecule has 1 aromatic heterocycles. The van der Waals surface area contributed by atoms with Crippen molar-refractivity contribution < 1.29 is 27.9 Å². The number of hydrogen-bond donors (Lipinski definition) is 1. The lowest BCUT2D eigenvalue weighted by Crippen LogP contribution is -2.39. The fourth-order valence-corrected chi connectivity index (χ4v) is 3.07. The average molecular weight is 332 g/mol. The van der Waals surface area contributed by atoms with Gasteiger partial charge in [-0.1, -0.05) is 0 Å². The molecule has 0 aliphatic carbocycles. The lowest BCUT2D eigenvalue weighted by atomic mass is 10.1. The second-order valence-corrected chi connectivity index (χ2v) is 5.88. The summed E-state index contributed by atoms with van der Waals surface area (Å²) in [6.45, 7) is 2.27. The number of carboxylic acids is 1. The third-order valence-corrected chi connectivity index (χ3v) is 4.21. The third-order valence-electron chi connectivity index (χ3n) is 4.21. The molecular weight excluding hydrogens is 313 g/mol. The maximum Gasteiger partial charge on any atom is 0.406 e. The van der Waals surface area contributed by atoms with Crippen molar-refractivity contribution in [2.24, 2.45) is 0 Å². The molecule has 0 aromatic carbocycles. The first-order valence-corrected chi connectivity index (χ1v) is 7.33. The van der Waals surface area contributed by atoms with Gasteiger partial charge in [0.25, 0.3) is 0 Å². The Kier molecular flexibility index (Phi) is 4.84. The Labute approximate surface area is 131 Å². The standard InChI is InChI=1S/C15H19F3N2O3/c1-9-6-11(10(2)20(9)8-15(16,17)18)13(21)7-19-5-3-4-12(19)14(22)23/h6,12H,3-5,7-8H2,1-2H3,(H,22,23)/t12-/m1/s1. The van der Waals surface area contributed by atoms with Gasteiger partial charge in [0.2, 0.25) is 0 Å². The number of carbonyl (C=O) groups excluding carboxylic acids is 1. The molecule has 0 unspecified atom stereocenters. The molecule has 1 aliphatic rings. The molecule has 0 amide bonds. The molecule has 1 atom stereocenters. The van der Waals surface area contributed by atoms with E-state index in [0.29, 0.717) is 25.1 Å². The first-order valence-electron chi connectivity index (χ1n) is 7.33. The molecule has 1 aromatic rings. The van der Waals surface area contributed by atoms with Crippen molar-refractivity contribution in [2.75, 3.05) is 13.1 Å². The Morgan fingerprint density at radius 3 is 2.57 bits per heavy atom. The van der Waals surface area contributed by atoms with Crippen molar-refractivity contribution in [1.82, 2.24) is 9.47 Å². The molecule has 0 bridgehead atoms. The molecule has 2 heterocycles. The van der Waals surface area contributed by atoms with E-state index in [1.807, 2.05) is 0 Å². The van der Waals surface area contributed by atoms with Crippen LogP contribution in [0.15, 0.2) is 6.07 Å². The predicted octanol–water partition coefficient (Wildman–Crippen LogP) is 2.40. The molecule has 1 fully saturated rings. The zero-order valence-corrected chi connectivity index (χ0v) is 13.0. The molecule has 8 heteroatoms. The van der Waals surface area contributed by atoms with Crippen LogP contribution in [-0.4, -0.2) is 51.6 Å². The first-order chi connectivity index (χ1) is 10.6. The zero-order valence-electron chi connectivity index (χ0n) is 13.0. The highest BCUT2D eigenvalue weighted by molar-refractivity contribution is 5.99. The van der Waals surface area contributed by atoms with E-state index in [1.54, 1.807) is 4.90 Å². The second kappa shape index (κ2) is 6.35. The van der Waals surface area contributed by atoms with E-state index < -0.39 is 24.7 Å². The highest BCUT2D eigenvalue weighted by Crippen LogP contribution is 2.24. The molecule has 0 spiro atoms. The van der Waals surface area contributed by atoms with Gasteiger partial charge in [-0.25, -0.2) is 0 Å². The fraction of sp³-hybridized carbons (Fsp3) is 0.600. The van der Waals surface area contributed by atoms with E-state index in [1.165, 1.54) is 19.9 Å². The number of carbonyl (C=O) groups is 2. The normalized spacial score (nSPS) is 19.3. The van der Waals surface area contributed by atoms with Crippen LogP contribution in [0.2, 0.25) is 0 Å². The number of hydrogen-bond acceptors (Lipinski definition) is 3. The van der Waals surface area contributed by atoms with E-state index >= 15 is 0 Å². The number of aromatic nitrogens is 1. The van der Waals surface area contributed by atoms with E-state index in [9.17, 15) is 22.8 Å². The van der Waals surface area contributed by atoms with Crippen LogP contribution in [0.3, 0.4) is 0 Å². The smallest absolute Gasteiger partial charge is 0.406 e. The molecule has 128 valence electrons. The number of ketones is 1. The van der Waals surface area contributed by atoms with Gasteiger partial charge in [-0.3, -0.25) is 14.5 Å². The molecule has 1 saturated heterocycles. The van der Waals surface area contributed by atoms with E-state index in [-0.39, 0.29) is 23.6 Å². The molecule has 1 N–H and O–H groups in total. The lowest BCUT2D eigenvalue weighted by Gasteiger charge is -2.20. The number of rotatable bonds is 5. The SMILES string of the molecule is Cc1cc(C(=O)CN2CCC[C@@H]2C(=O)O)c(C)n1CC(F)(F)F. The van der Waals surface area contributed by atoms with Gasteiger partial charge in [0.15, 0.2) is 5.78 Å². The minimum atomic E-state index is -4.36. The van der Waals surface area contributed by atoms with Gasteiger partial charge in [-0.2, -0.15) is 13.2 Å². The number of nitrogens with zero attached hydrogens (tertiary/aromatic N) is 2. The van der Waals surface area contributed by atoms with Crippen LogP contribution in [0.4, 0.5) is 13.2 Å². The monoisotopic (exact) mass is 332 g/mol. The number of aryl methyl sites for hydroxylation is 1. The molecule has 5 nitrogen and oxygen atoms in total. The summed E-state index contributed by atoms with van der Waals surface area (Å²) in [7, 11) is 0. The Bertz CT molecular complexity index is 622. The highest BCUT2D eigenvalue weighted by atomic mass is 19.4.